The van der Waals surface area contributed by atoms with Gasteiger partial charge in [-0.1, -0.05) is 35.9 Å². The molecule has 1 aromatic carbocycles. The first-order valence-electron chi connectivity index (χ1n) is 6.65. The van der Waals surface area contributed by atoms with Crippen LogP contribution >= 0.6 is 0 Å². The van der Waals surface area contributed by atoms with Gasteiger partial charge in [-0.15, -0.1) is 0 Å². The highest BCUT2D eigenvalue weighted by Crippen LogP contribution is 2.36. The van der Waals surface area contributed by atoms with Crippen molar-refractivity contribution >= 4 is 5.97 Å². The fourth-order valence-electron chi connectivity index (χ4n) is 2.56. The first-order chi connectivity index (χ1) is 9.09. The van der Waals surface area contributed by atoms with Gasteiger partial charge in [-0.05, 0) is 44.4 Å². The molecule has 0 heterocycles. The SMILES string of the molecule is C=C(C)[C@@H]1CCC(C)=C1COC(=O)c1ccccc1. The fraction of sp³-hybridized carbons (Fsp3) is 0.353. The highest BCUT2D eigenvalue weighted by molar-refractivity contribution is 5.89. The molecule has 2 heteroatoms. The van der Waals surface area contributed by atoms with E-state index in [1.54, 1.807) is 12.1 Å². The Hall–Kier alpha value is -1.83. The highest BCUT2D eigenvalue weighted by Gasteiger charge is 2.24. The summed E-state index contributed by atoms with van der Waals surface area (Å²) in [5.74, 6) is 0.122. The van der Waals surface area contributed by atoms with E-state index in [0.717, 1.165) is 18.4 Å². The third-order valence-electron chi connectivity index (χ3n) is 3.74. The molecule has 1 aliphatic carbocycles. The van der Waals surface area contributed by atoms with Crippen LogP contribution in [-0.4, -0.2) is 12.6 Å². The molecule has 1 atom stereocenters. The van der Waals surface area contributed by atoms with Crippen LogP contribution in [-0.2, 0) is 4.74 Å². The predicted octanol–water partition coefficient (Wildman–Crippen LogP) is 4.15. The molecule has 0 aliphatic heterocycles. The summed E-state index contributed by atoms with van der Waals surface area (Å²) in [7, 11) is 0. The molecule has 0 aromatic heterocycles. The lowest BCUT2D eigenvalue weighted by Gasteiger charge is -2.15. The number of ether oxygens (including phenoxy) is 1. The Morgan fingerprint density at radius 1 is 1.37 bits per heavy atom. The molecule has 2 rings (SSSR count). The molecule has 1 aromatic rings. The van der Waals surface area contributed by atoms with Crippen molar-refractivity contribution < 1.29 is 9.53 Å². The van der Waals surface area contributed by atoms with Gasteiger partial charge in [-0.3, -0.25) is 0 Å². The summed E-state index contributed by atoms with van der Waals surface area (Å²) in [6.45, 7) is 8.58. The van der Waals surface area contributed by atoms with Crippen LogP contribution in [0.1, 0.15) is 37.0 Å². The molecular weight excluding hydrogens is 236 g/mol. The average molecular weight is 256 g/mol. The molecule has 0 fully saturated rings. The average Bonchev–Trinajstić information content (AvgIpc) is 2.78. The van der Waals surface area contributed by atoms with Crippen molar-refractivity contribution in [3.8, 4) is 0 Å². The highest BCUT2D eigenvalue weighted by atomic mass is 16.5. The molecule has 2 nitrogen and oxygen atoms in total. The van der Waals surface area contributed by atoms with Gasteiger partial charge < -0.3 is 4.74 Å². The van der Waals surface area contributed by atoms with Gasteiger partial charge in [0, 0.05) is 5.92 Å². The van der Waals surface area contributed by atoms with Crippen LogP contribution < -0.4 is 0 Å². The number of allylic oxidation sites excluding steroid dienone is 2. The first kappa shape index (κ1) is 13.6. The number of carbonyl (C=O) groups is 1. The van der Waals surface area contributed by atoms with Gasteiger partial charge in [0.15, 0.2) is 0 Å². The minimum absolute atomic E-state index is 0.256. The van der Waals surface area contributed by atoms with Crippen molar-refractivity contribution in [3.05, 3.63) is 59.2 Å². The molecule has 0 unspecified atom stereocenters. The summed E-state index contributed by atoms with van der Waals surface area (Å²) in [5.41, 5.74) is 4.33. The summed E-state index contributed by atoms with van der Waals surface area (Å²) >= 11 is 0. The van der Waals surface area contributed by atoms with Gasteiger partial charge in [0.1, 0.15) is 6.61 Å². The predicted molar refractivity (Wildman–Crippen MR) is 77.0 cm³/mol. The summed E-state index contributed by atoms with van der Waals surface area (Å²) in [6, 6.07) is 9.11. The minimum atomic E-state index is -0.256. The molecule has 0 saturated carbocycles. The fourth-order valence-corrected chi connectivity index (χ4v) is 2.56. The maximum Gasteiger partial charge on any atom is 0.338 e. The molecule has 1 aliphatic rings. The zero-order chi connectivity index (χ0) is 13.8. The Balaban J connectivity index is 2.01. The maximum absolute atomic E-state index is 11.9. The topological polar surface area (TPSA) is 26.3 Å². The Morgan fingerprint density at radius 2 is 2.05 bits per heavy atom. The standard InChI is InChI=1S/C17H20O2/c1-12(2)15-10-9-13(3)16(15)11-19-17(18)14-7-5-4-6-8-14/h4-8,15H,1,9-11H2,2-3H3/t15-/m0/s1. The Morgan fingerprint density at radius 3 is 2.68 bits per heavy atom. The van der Waals surface area contributed by atoms with E-state index >= 15 is 0 Å². The van der Waals surface area contributed by atoms with Gasteiger partial charge in [0.05, 0.1) is 5.56 Å². The van der Waals surface area contributed by atoms with Gasteiger partial charge in [-0.25, -0.2) is 4.79 Å². The van der Waals surface area contributed by atoms with Crippen molar-refractivity contribution in [3.63, 3.8) is 0 Å². The molecule has 0 bridgehead atoms. The largest absolute Gasteiger partial charge is 0.458 e. The van der Waals surface area contributed by atoms with Crippen LogP contribution in [0.5, 0.6) is 0 Å². The van der Waals surface area contributed by atoms with Crippen molar-refractivity contribution in [2.24, 2.45) is 5.92 Å². The van der Waals surface area contributed by atoms with Crippen LogP contribution in [0.2, 0.25) is 0 Å². The third-order valence-corrected chi connectivity index (χ3v) is 3.74. The van der Waals surface area contributed by atoms with Crippen molar-refractivity contribution in [2.75, 3.05) is 6.61 Å². The lowest BCUT2D eigenvalue weighted by Crippen LogP contribution is -2.12. The number of esters is 1. The lowest BCUT2D eigenvalue weighted by molar-refractivity contribution is 0.0534. The molecule has 0 spiro atoms. The Kier molecular flexibility index (Phi) is 4.20. The van der Waals surface area contributed by atoms with Crippen LogP contribution in [0.25, 0.3) is 0 Å². The molecule has 0 N–H and O–H groups in total. The normalized spacial score (nSPS) is 18.5. The summed E-state index contributed by atoms with van der Waals surface area (Å²) in [5, 5.41) is 0. The van der Waals surface area contributed by atoms with E-state index in [4.69, 9.17) is 4.74 Å². The molecule has 19 heavy (non-hydrogen) atoms. The van der Waals surface area contributed by atoms with Gasteiger partial charge >= 0.3 is 5.97 Å². The van der Waals surface area contributed by atoms with E-state index < -0.39 is 0 Å². The number of carbonyl (C=O) groups excluding carboxylic acids is 1. The lowest BCUT2D eigenvalue weighted by atomic mass is 9.94. The second-order valence-electron chi connectivity index (χ2n) is 5.19. The van der Waals surface area contributed by atoms with Crippen LogP contribution in [0.3, 0.4) is 0 Å². The number of benzene rings is 1. The summed E-state index contributed by atoms with van der Waals surface area (Å²) in [6.07, 6.45) is 2.18. The van der Waals surface area contributed by atoms with Crippen LogP contribution in [0.15, 0.2) is 53.6 Å². The zero-order valence-corrected chi connectivity index (χ0v) is 11.6. The first-order valence-corrected chi connectivity index (χ1v) is 6.65. The van der Waals surface area contributed by atoms with Gasteiger partial charge in [0.25, 0.3) is 0 Å². The smallest absolute Gasteiger partial charge is 0.338 e. The number of rotatable bonds is 4. The quantitative estimate of drug-likeness (QED) is 0.597. The zero-order valence-electron chi connectivity index (χ0n) is 11.6. The maximum atomic E-state index is 11.9. The van der Waals surface area contributed by atoms with E-state index in [-0.39, 0.29) is 5.97 Å². The van der Waals surface area contributed by atoms with E-state index in [1.807, 2.05) is 25.1 Å². The van der Waals surface area contributed by atoms with E-state index in [1.165, 1.54) is 11.1 Å². The van der Waals surface area contributed by atoms with Crippen molar-refractivity contribution in [1.82, 2.24) is 0 Å². The molecule has 100 valence electrons. The van der Waals surface area contributed by atoms with Crippen molar-refractivity contribution in [2.45, 2.75) is 26.7 Å². The molecular formula is C17H20O2. The van der Waals surface area contributed by atoms with E-state index in [0.29, 0.717) is 18.1 Å². The molecule has 0 amide bonds. The molecule has 0 radical (unpaired) electrons. The summed E-state index contributed by atoms with van der Waals surface area (Å²) in [4.78, 5) is 11.9. The third kappa shape index (κ3) is 3.14. The number of hydrogen-bond acceptors (Lipinski definition) is 2. The molecule has 0 saturated heterocycles. The Bertz CT molecular complexity index is 511. The second kappa shape index (κ2) is 5.87. The number of hydrogen-bond donors (Lipinski definition) is 0. The van der Waals surface area contributed by atoms with E-state index in [2.05, 4.69) is 13.5 Å². The summed E-state index contributed by atoms with van der Waals surface area (Å²) < 4.78 is 5.42. The van der Waals surface area contributed by atoms with Gasteiger partial charge in [-0.2, -0.15) is 0 Å². The monoisotopic (exact) mass is 256 g/mol. The van der Waals surface area contributed by atoms with Gasteiger partial charge in [0.2, 0.25) is 0 Å². The second-order valence-corrected chi connectivity index (χ2v) is 5.19. The van der Waals surface area contributed by atoms with Crippen LogP contribution in [0.4, 0.5) is 0 Å². The van der Waals surface area contributed by atoms with E-state index in [9.17, 15) is 4.79 Å². The minimum Gasteiger partial charge on any atom is -0.458 e. The van der Waals surface area contributed by atoms with Crippen LogP contribution in [0, 0.1) is 5.92 Å². The van der Waals surface area contributed by atoms with Crippen molar-refractivity contribution in [1.29, 1.82) is 0 Å². The Labute approximate surface area is 114 Å².